The van der Waals surface area contributed by atoms with E-state index in [9.17, 15) is 0 Å². The van der Waals surface area contributed by atoms with Gasteiger partial charge in [0.1, 0.15) is 0 Å². The van der Waals surface area contributed by atoms with Gasteiger partial charge in [-0.05, 0) is 62.5 Å². The summed E-state index contributed by atoms with van der Waals surface area (Å²) in [6, 6.07) is 10.4. The standard InChI is InChI=1S/C21H32N6/c1-22-21(23-11-4-5-13-26-14-6-7-15-26)24-17-19-9-2-3-10-20(19)18-27-16-8-12-25-27/h2-3,8-10,12,16H,4-7,11,13-15,17-18H2,1H3,(H2,22,23,24). The third kappa shape index (κ3) is 6.40. The third-order valence-electron chi connectivity index (χ3n) is 5.07. The Morgan fingerprint density at radius 2 is 1.89 bits per heavy atom. The highest BCUT2D eigenvalue weighted by molar-refractivity contribution is 5.79. The van der Waals surface area contributed by atoms with Crippen LogP contribution in [-0.2, 0) is 13.1 Å². The van der Waals surface area contributed by atoms with Gasteiger partial charge in [-0.3, -0.25) is 9.67 Å². The summed E-state index contributed by atoms with van der Waals surface area (Å²) in [4.78, 5) is 6.92. The Morgan fingerprint density at radius 3 is 2.63 bits per heavy atom. The quantitative estimate of drug-likeness (QED) is 0.406. The molecule has 1 fully saturated rings. The van der Waals surface area contributed by atoms with Crippen molar-refractivity contribution >= 4 is 5.96 Å². The summed E-state index contributed by atoms with van der Waals surface area (Å²) in [6.07, 6.45) is 8.97. The molecule has 0 spiro atoms. The molecule has 6 nitrogen and oxygen atoms in total. The van der Waals surface area contributed by atoms with Gasteiger partial charge >= 0.3 is 0 Å². The van der Waals surface area contributed by atoms with Crippen molar-refractivity contribution in [3.05, 3.63) is 53.9 Å². The van der Waals surface area contributed by atoms with Crippen molar-refractivity contribution < 1.29 is 0 Å². The maximum absolute atomic E-state index is 4.35. The van der Waals surface area contributed by atoms with E-state index in [-0.39, 0.29) is 0 Å². The number of unbranched alkanes of at least 4 members (excludes halogenated alkanes) is 1. The molecule has 146 valence electrons. The molecule has 0 aliphatic carbocycles. The van der Waals surface area contributed by atoms with Crippen LogP contribution < -0.4 is 10.6 Å². The molecule has 1 aromatic heterocycles. The highest BCUT2D eigenvalue weighted by Crippen LogP contribution is 2.10. The first-order valence-electron chi connectivity index (χ1n) is 10.1. The molecule has 2 aromatic rings. The minimum absolute atomic E-state index is 0.755. The molecule has 0 atom stereocenters. The minimum atomic E-state index is 0.755. The van der Waals surface area contributed by atoms with Crippen molar-refractivity contribution in [2.45, 2.75) is 38.8 Å². The monoisotopic (exact) mass is 368 g/mol. The maximum Gasteiger partial charge on any atom is 0.191 e. The van der Waals surface area contributed by atoms with E-state index in [0.717, 1.165) is 25.6 Å². The largest absolute Gasteiger partial charge is 0.356 e. The molecule has 1 aliphatic rings. The zero-order valence-corrected chi connectivity index (χ0v) is 16.4. The van der Waals surface area contributed by atoms with Crippen LogP contribution >= 0.6 is 0 Å². The molecule has 0 unspecified atom stereocenters. The molecule has 3 rings (SSSR count). The topological polar surface area (TPSA) is 57.5 Å². The van der Waals surface area contributed by atoms with Crippen LogP contribution in [-0.4, -0.2) is 53.9 Å². The van der Waals surface area contributed by atoms with E-state index >= 15 is 0 Å². The van der Waals surface area contributed by atoms with E-state index in [1.807, 2.05) is 30.2 Å². The van der Waals surface area contributed by atoms with E-state index in [0.29, 0.717) is 0 Å². The summed E-state index contributed by atoms with van der Waals surface area (Å²) in [5, 5.41) is 11.2. The molecule has 2 N–H and O–H groups in total. The number of likely N-dealkylation sites (tertiary alicyclic amines) is 1. The summed E-state index contributed by atoms with van der Waals surface area (Å²) >= 11 is 0. The second-order valence-corrected chi connectivity index (χ2v) is 7.08. The molecule has 0 radical (unpaired) electrons. The second-order valence-electron chi connectivity index (χ2n) is 7.08. The van der Waals surface area contributed by atoms with E-state index in [2.05, 4.69) is 49.9 Å². The van der Waals surface area contributed by atoms with Gasteiger partial charge in [0.15, 0.2) is 5.96 Å². The first-order valence-corrected chi connectivity index (χ1v) is 10.1. The third-order valence-corrected chi connectivity index (χ3v) is 5.07. The Morgan fingerprint density at radius 1 is 1.07 bits per heavy atom. The van der Waals surface area contributed by atoms with Gasteiger partial charge in [-0.15, -0.1) is 0 Å². The predicted octanol–water partition coefficient (Wildman–Crippen LogP) is 2.47. The molecule has 6 heteroatoms. The lowest BCUT2D eigenvalue weighted by Crippen LogP contribution is -2.37. The number of hydrogen-bond acceptors (Lipinski definition) is 3. The van der Waals surface area contributed by atoms with Gasteiger partial charge in [-0.2, -0.15) is 5.10 Å². The van der Waals surface area contributed by atoms with Crippen LogP contribution in [0.2, 0.25) is 0 Å². The molecule has 0 saturated carbocycles. The normalized spacial score (nSPS) is 15.2. The van der Waals surface area contributed by atoms with Crippen molar-refractivity contribution in [1.82, 2.24) is 25.3 Å². The lowest BCUT2D eigenvalue weighted by Gasteiger charge is -2.16. The molecule has 1 saturated heterocycles. The number of nitrogens with one attached hydrogen (secondary N) is 2. The highest BCUT2D eigenvalue weighted by atomic mass is 15.3. The zero-order chi connectivity index (χ0) is 18.7. The number of aliphatic imine (C=N–C) groups is 1. The molecule has 27 heavy (non-hydrogen) atoms. The summed E-state index contributed by atoms with van der Waals surface area (Å²) in [5.41, 5.74) is 2.54. The molecule has 1 aliphatic heterocycles. The maximum atomic E-state index is 4.35. The fourth-order valence-corrected chi connectivity index (χ4v) is 3.53. The van der Waals surface area contributed by atoms with Crippen LogP contribution in [0.4, 0.5) is 0 Å². The van der Waals surface area contributed by atoms with Gasteiger partial charge < -0.3 is 15.5 Å². The fraction of sp³-hybridized carbons (Fsp3) is 0.524. The lowest BCUT2D eigenvalue weighted by molar-refractivity contribution is 0.330. The zero-order valence-electron chi connectivity index (χ0n) is 16.4. The van der Waals surface area contributed by atoms with Gasteiger partial charge in [0.2, 0.25) is 0 Å². The van der Waals surface area contributed by atoms with Gasteiger partial charge in [-0.25, -0.2) is 0 Å². The van der Waals surface area contributed by atoms with Crippen LogP contribution in [0.25, 0.3) is 0 Å². The summed E-state index contributed by atoms with van der Waals surface area (Å²) in [5.74, 6) is 0.866. The van der Waals surface area contributed by atoms with Gasteiger partial charge in [0, 0.05) is 32.5 Å². The SMILES string of the molecule is CN=C(NCCCCN1CCCC1)NCc1ccccc1Cn1cccn1. The molecule has 2 heterocycles. The van der Waals surface area contributed by atoms with Gasteiger partial charge in [0.05, 0.1) is 6.54 Å². The van der Waals surface area contributed by atoms with Crippen LogP contribution in [0.15, 0.2) is 47.7 Å². The van der Waals surface area contributed by atoms with Gasteiger partial charge in [0.25, 0.3) is 0 Å². The number of guanidine groups is 1. The number of nitrogens with zero attached hydrogens (tertiary/aromatic N) is 4. The predicted molar refractivity (Wildman–Crippen MR) is 111 cm³/mol. The van der Waals surface area contributed by atoms with Crippen LogP contribution in [0, 0.1) is 0 Å². The van der Waals surface area contributed by atoms with Crippen molar-refractivity contribution in [2.24, 2.45) is 4.99 Å². The Kier molecular flexibility index (Phi) is 7.71. The molecular weight excluding hydrogens is 336 g/mol. The summed E-state index contributed by atoms with van der Waals surface area (Å²) < 4.78 is 1.95. The van der Waals surface area contributed by atoms with Gasteiger partial charge in [-0.1, -0.05) is 24.3 Å². The van der Waals surface area contributed by atoms with Crippen molar-refractivity contribution in [1.29, 1.82) is 0 Å². The Bertz CT molecular complexity index is 688. The molecule has 0 bridgehead atoms. The van der Waals surface area contributed by atoms with E-state index < -0.39 is 0 Å². The summed E-state index contributed by atoms with van der Waals surface area (Å²) in [6.45, 7) is 6.30. The van der Waals surface area contributed by atoms with Crippen LogP contribution in [0.1, 0.15) is 36.8 Å². The smallest absolute Gasteiger partial charge is 0.191 e. The Hall–Kier alpha value is -2.34. The highest BCUT2D eigenvalue weighted by Gasteiger charge is 2.10. The number of rotatable bonds is 9. The fourth-order valence-electron chi connectivity index (χ4n) is 3.53. The van der Waals surface area contributed by atoms with Crippen molar-refractivity contribution in [2.75, 3.05) is 33.2 Å². The van der Waals surface area contributed by atoms with Crippen LogP contribution in [0.3, 0.4) is 0 Å². The Balaban J connectivity index is 1.40. The Labute approximate surface area is 162 Å². The molecule has 0 amide bonds. The van der Waals surface area contributed by atoms with Crippen LogP contribution in [0.5, 0.6) is 0 Å². The second kappa shape index (κ2) is 10.7. The van der Waals surface area contributed by atoms with Crippen molar-refractivity contribution in [3.63, 3.8) is 0 Å². The average molecular weight is 369 g/mol. The molecule has 1 aromatic carbocycles. The first-order chi connectivity index (χ1) is 13.3. The van der Waals surface area contributed by atoms with E-state index in [1.165, 1.54) is 56.4 Å². The number of hydrogen-bond donors (Lipinski definition) is 2. The minimum Gasteiger partial charge on any atom is -0.356 e. The lowest BCUT2D eigenvalue weighted by atomic mass is 10.1. The van der Waals surface area contributed by atoms with E-state index in [1.54, 1.807) is 0 Å². The number of benzene rings is 1. The summed E-state index contributed by atoms with van der Waals surface area (Å²) in [7, 11) is 1.83. The molecular formula is C21H32N6. The van der Waals surface area contributed by atoms with E-state index in [4.69, 9.17) is 0 Å². The first kappa shape index (κ1) is 19.4. The average Bonchev–Trinajstić information content (AvgIpc) is 3.39. The van der Waals surface area contributed by atoms with Crippen molar-refractivity contribution in [3.8, 4) is 0 Å². The number of aromatic nitrogens is 2.